The van der Waals surface area contributed by atoms with Gasteiger partial charge in [0.15, 0.2) is 0 Å². The lowest BCUT2D eigenvalue weighted by atomic mass is 10.1. The summed E-state index contributed by atoms with van der Waals surface area (Å²) in [5.74, 6) is 2.30. The number of nitrogen functional groups attached to an aromatic ring is 1. The Morgan fingerprint density at radius 3 is 2.54 bits per heavy atom. The molecule has 0 aliphatic heterocycles. The lowest BCUT2D eigenvalue weighted by Gasteiger charge is -2.12. The molecule has 0 atom stereocenters. The number of anilines is 4. The maximum Gasteiger partial charge on any atom is 0.319 e. The Morgan fingerprint density at radius 1 is 1.08 bits per heavy atom. The number of hydrogen-bond acceptors (Lipinski definition) is 8. The Kier molecular flexibility index (Phi) is 6.92. The molecule has 39 heavy (non-hydrogen) atoms. The molecule has 11 heteroatoms. The summed E-state index contributed by atoms with van der Waals surface area (Å²) >= 11 is 0. The smallest absolute Gasteiger partial charge is 0.319 e. The van der Waals surface area contributed by atoms with E-state index in [0.29, 0.717) is 45.4 Å². The van der Waals surface area contributed by atoms with Crippen molar-refractivity contribution < 1.29 is 9.53 Å². The van der Waals surface area contributed by atoms with Crippen LogP contribution < -0.4 is 26.4 Å². The summed E-state index contributed by atoms with van der Waals surface area (Å²) in [5, 5.41) is 23.0. The SMILES string of the molecule is Cc1ncc(CNC(=O)Nc2cn3ncc(C#N)c(Nc4ccc(Oc5ccccc5)cc4)c3c2C)c(N)n1. The molecule has 5 N–H and O–H groups in total. The fourth-order valence-corrected chi connectivity index (χ4v) is 3.99. The fraction of sp³-hybridized carbons (Fsp3) is 0.107. The molecule has 2 amide bonds. The molecule has 0 saturated heterocycles. The van der Waals surface area contributed by atoms with Gasteiger partial charge < -0.3 is 26.4 Å². The monoisotopic (exact) mass is 519 g/mol. The summed E-state index contributed by atoms with van der Waals surface area (Å²) in [5.41, 5.74) is 10.1. The molecule has 11 nitrogen and oxygen atoms in total. The Labute approximate surface area is 224 Å². The van der Waals surface area contributed by atoms with E-state index in [1.165, 1.54) is 6.20 Å². The van der Waals surface area contributed by atoms with Crippen molar-refractivity contribution in [3.63, 3.8) is 0 Å². The van der Waals surface area contributed by atoms with Crippen LogP contribution in [0.4, 0.5) is 27.7 Å². The third-order valence-corrected chi connectivity index (χ3v) is 5.99. The number of amides is 2. The van der Waals surface area contributed by atoms with E-state index in [1.54, 1.807) is 23.8 Å². The second-order valence-corrected chi connectivity index (χ2v) is 8.71. The largest absolute Gasteiger partial charge is 0.457 e. The first kappa shape index (κ1) is 25.0. The molecule has 3 heterocycles. The highest BCUT2D eigenvalue weighted by Gasteiger charge is 2.17. The van der Waals surface area contributed by atoms with Gasteiger partial charge in [-0.25, -0.2) is 19.3 Å². The number of nitrogens with zero attached hydrogens (tertiary/aromatic N) is 5. The number of aryl methyl sites for hydroxylation is 2. The summed E-state index contributed by atoms with van der Waals surface area (Å²) in [6.45, 7) is 3.75. The molecule has 0 bridgehead atoms. The molecule has 0 fully saturated rings. The first-order valence-corrected chi connectivity index (χ1v) is 12.0. The molecule has 194 valence electrons. The van der Waals surface area contributed by atoms with Gasteiger partial charge in [0.05, 0.1) is 34.8 Å². The minimum atomic E-state index is -0.432. The quantitative estimate of drug-likeness (QED) is 0.233. The van der Waals surface area contributed by atoms with E-state index in [1.807, 2.05) is 61.5 Å². The Balaban J connectivity index is 1.35. The number of urea groups is 1. The average molecular weight is 520 g/mol. The summed E-state index contributed by atoms with van der Waals surface area (Å²) in [4.78, 5) is 20.9. The predicted octanol–water partition coefficient (Wildman–Crippen LogP) is 5.05. The molecule has 5 rings (SSSR count). The maximum absolute atomic E-state index is 12.6. The number of carbonyl (C=O) groups excluding carboxylic acids is 1. The average Bonchev–Trinajstić information content (AvgIpc) is 3.25. The van der Waals surface area contributed by atoms with E-state index < -0.39 is 6.03 Å². The molecule has 3 aromatic heterocycles. The third kappa shape index (κ3) is 5.55. The van der Waals surface area contributed by atoms with Crippen molar-refractivity contribution in [1.82, 2.24) is 24.9 Å². The number of rotatable bonds is 7. The van der Waals surface area contributed by atoms with Gasteiger partial charge in [-0.3, -0.25) is 0 Å². The second kappa shape index (κ2) is 10.8. The number of para-hydroxylation sites is 1. The molecule has 2 aromatic carbocycles. The molecule has 0 aliphatic carbocycles. The zero-order valence-electron chi connectivity index (χ0n) is 21.3. The van der Waals surface area contributed by atoms with Crippen molar-refractivity contribution in [2.45, 2.75) is 20.4 Å². The molecule has 0 radical (unpaired) electrons. The summed E-state index contributed by atoms with van der Waals surface area (Å²) in [6.07, 6.45) is 4.75. The van der Waals surface area contributed by atoms with E-state index in [2.05, 4.69) is 37.1 Å². The van der Waals surface area contributed by atoms with E-state index in [-0.39, 0.29) is 6.54 Å². The van der Waals surface area contributed by atoms with Crippen molar-refractivity contribution >= 4 is 34.4 Å². The van der Waals surface area contributed by atoms with Gasteiger partial charge in [0.2, 0.25) is 0 Å². The highest BCUT2D eigenvalue weighted by atomic mass is 16.5. The number of aromatic nitrogens is 4. The minimum absolute atomic E-state index is 0.165. The summed E-state index contributed by atoms with van der Waals surface area (Å²) in [6, 6.07) is 18.7. The summed E-state index contributed by atoms with van der Waals surface area (Å²) < 4.78 is 7.48. The second-order valence-electron chi connectivity index (χ2n) is 8.71. The van der Waals surface area contributed by atoms with Gasteiger partial charge >= 0.3 is 6.03 Å². The number of nitrogens with two attached hydrogens (primary N) is 1. The van der Waals surface area contributed by atoms with Crippen LogP contribution in [0.3, 0.4) is 0 Å². The zero-order chi connectivity index (χ0) is 27.4. The highest BCUT2D eigenvalue weighted by Crippen LogP contribution is 2.33. The van der Waals surface area contributed by atoms with Crippen LogP contribution in [0.15, 0.2) is 73.2 Å². The van der Waals surface area contributed by atoms with Crippen molar-refractivity contribution in [3.05, 3.63) is 95.7 Å². The van der Waals surface area contributed by atoms with Crippen molar-refractivity contribution in [2.24, 2.45) is 0 Å². The van der Waals surface area contributed by atoms with Crippen molar-refractivity contribution in [1.29, 1.82) is 5.26 Å². The predicted molar refractivity (Wildman–Crippen MR) is 148 cm³/mol. The van der Waals surface area contributed by atoms with Crippen LogP contribution in [-0.2, 0) is 6.54 Å². The van der Waals surface area contributed by atoms with Crippen LogP contribution in [-0.4, -0.2) is 25.6 Å². The van der Waals surface area contributed by atoms with Gasteiger partial charge in [0.1, 0.15) is 29.2 Å². The van der Waals surface area contributed by atoms with Crippen LogP contribution in [0, 0.1) is 25.2 Å². The fourth-order valence-electron chi connectivity index (χ4n) is 3.99. The number of ether oxygens (including phenoxy) is 1. The molecule has 0 unspecified atom stereocenters. The van der Waals surface area contributed by atoms with Gasteiger partial charge in [0.25, 0.3) is 0 Å². The van der Waals surface area contributed by atoms with Crippen molar-refractivity contribution in [2.75, 3.05) is 16.4 Å². The number of fused-ring (bicyclic) bond motifs is 1. The van der Waals surface area contributed by atoms with E-state index >= 15 is 0 Å². The standard InChI is InChI=1S/C28H25N9O2/c1-17-24(36-28(38)32-14-20-13-31-18(2)34-27(20)30)16-37-26(17)25(19(12-29)15-33-37)35-21-8-10-23(11-9-21)39-22-6-4-3-5-7-22/h3-11,13,15-16,35H,14H2,1-2H3,(H2,30,31,34)(H2,32,36,38). The maximum atomic E-state index is 12.6. The van der Waals surface area contributed by atoms with Crippen LogP contribution in [0.2, 0.25) is 0 Å². The molecule has 0 spiro atoms. The lowest BCUT2D eigenvalue weighted by molar-refractivity contribution is 0.251. The number of carbonyl (C=O) groups is 1. The molecule has 0 aliphatic rings. The molecule has 0 saturated carbocycles. The number of hydrogen-bond donors (Lipinski definition) is 4. The number of benzene rings is 2. The Hall–Kier alpha value is -5.63. The molecular weight excluding hydrogens is 494 g/mol. The summed E-state index contributed by atoms with van der Waals surface area (Å²) in [7, 11) is 0. The van der Waals surface area contributed by atoms with Gasteiger partial charge in [-0.1, -0.05) is 18.2 Å². The van der Waals surface area contributed by atoms with Crippen LogP contribution in [0.25, 0.3) is 5.52 Å². The minimum Gasteiger partial charge on any atom is -0.457 e. The van der Waals surface area contributed by atoms with Crippen molar-refractivity contribution in [3.8, 4) is 17.6 Å². The lowest BCUT2D eigenvalue weighted by Crippen LogP contribution is -2.28. The van der Waals surface area contributed by atoms with E-state index in [9.17, 15) is 10.1 Å². The number of nitrogens with one attached hydrogen (secondary N) is 3. The molecular formula is C28H25N9O2. The first-order valence-electron chi connectivity index (χ1n) is 12.0. The van der Waals surface area contributed by atoms with Crippen LogP contribution >= 0.6 is 0 Å². The van der Waals surface area contributed by atoms with E-state index in [0.717, 1.165) is 17.0 Å². The highest BCUT2D eigenvalue weighted by molar-refractivity contribution is 5.95. The topological polar surface area (TPSA) is 155 Å². The Morgan fingerprint density at radius 2 is 1.82 bits per heavy atom. The van der Waals surface area contributed by atoms with E-state index in [4.69, 9.17) is 10.5 Å². The number of nitriles is 1. The van der Waals surface area contributed by atoms with Crippen LogP contribution in [0.5, 0.6) is 11.5 Å². The Bertz CT molecular complexity index is 1690. The zero-order valence-corrected chi connectivity index (χ0v) is 21.3. The van der Waals surface area contributed by atoms with Gasteiger partial charge in [-0.2, -0.15) is 10.4 Å². The first-order chi connectivity index (χ1) is 18.9. The van der Waals surface area contributed by atoms with Crippen LogP contribution in [0.1, 0.15) is 22.5 Å². The van der Waals surface area contributed by atoms with Gasteiger partial charge in [-0.05, 0) is 50.2 Å². The third-order valence-electron chi connectivity index (χ3n) is 5.99. The van der Waals surface area contributed by atoms with Gasteiger partial charge in [-0.15, -0.1) is 0 Å². The molecule has 5 aromatic rings. The van der Waals surface area contributed by atoms with Gasteiger partial charge in [0, 0.05) is 29.6 Å². The normalized spacial score (nSPS) is 10.6.